The zero-order chi connectivity index (χ0) is 69.6. The second kappa shape index (κ2) is 44.8. The van der Waals surface area contributed by atoms with E-state index in [-0.39, 0.29) is 6.61 Å². The zero-order valence-electron chi connectivity index (χ0n) is 60.0. The Hall–Kier alpha value is -6.00. The van der Waals surface area contributed by atoms with Crippen LogP contribution in [0.25, 0.3) is 0 Å². The molecule has 17 heteroatoms. The van der Waals surface area contributed by atoms with Crippen molar-refractivity contribution >= 4 is 17.0 Å². The van der Waals surface area contributed by atoms with Gasteiger partial charge in [0.15, 0.2) is 8.45 Å². The van der Waals surface area contributed by atoms with Crippen LogP contribution in [-0.4, -0.2) is 123 Å². The normalized spacial score (nSPS) is 12.1. The Bertz CT molecular complexity index is 2900. The van der Waals surface area contributed by atoms with Gasteiger partial charge >= 0.3 is 0 Å². The lowest BCUT2D eigenvalue weighted by molar-refractivity contribution is 0.0104. The summed E-state index contributed by atoms with van der Waals surface area (Å²) < 4.78 is 61.0. The Kier molecular flexibility index (Phi) is 38.4. The Balaban J connectivity index is 0.000000328. The molecule has 0 spiro atoms. The SMILES string of the molecule is CC(C)N(C(C)C)P(OCCC#N)N(C(C)C)C(C)C.COc1ccc(C(OCCCCCCO)(c2ccccc2)c2ccc(OC)cc2)cc1.COc1ccc(C(OCCCCCCOP(OCCC#N)N(C(C)C)C(C)C)(c2ccccc2)c2ccc(OC)cc2)cc1. The number of unbranched alkanes of at least 4 members (excludes halogenated alkanes) is 6. The van der Waals surface area contributed by atoms with Crippen molar-refractivity contribution in [1.29, 1.82) is 10.5 Å². The molecule has 0 aliphatic rings. The highest BCUT2D eigenvalue weighted by Crippen LogP contribution is 2.51. The van der Waals surface area contributed by atoms with Crippen LogP contribution < -0.4 is 18.9 Å². The summed E-state index contributed by atoms with van der Waals surface area (Å²) in [5, 5.41) is 26.7. The summed E-state index contributed by atoms with van der Waals surface area (Å²) >= 11 is 0. The smallest absolute Gasteiger partial charge is 0.259 e. The van der Waals surface area contributed by atoms with E-state index in [0.717, 1.165) is 108 Å². The van der Waals surface area contributed by atoms with Gasteiger partial charge in [0.1, 0.15) is 34.2 Å². The van der Waals surface area contributed by atoms with Gasteiger partial charge in [0.25, 0.3) is 8.53 Å². The van der Waals surface area contributed by atoms with Gasteiger partial charge in [-0.05, 0) is 191 Å². The van der Waals surface area contributed by atoms with Gasteiger partial charge in [0, 0.05) is 56.1 Å². The molecule has 1 unspecified atom stereocenters. The molecule has 0 bridgehead atoms. The number of aliphatic hydroxyl groups excluding tert-OH is 1. The monoisotopic (exact) mass is 1340 g/mol. The van der Waals surface area contributed by atoms with Crippen LogP contribution in [0.1, 0.15) is 181 Å². The minimum Gasteiger partial charge on any atom is -0.497 e. The Morgan fingerprint density at radius 2 is 0.621 bits per heavy atom. The van der Waals surface area contributed by atoms with Gasteiger partial charge in [-0.25, -0.2) is 14.0 Å². The first-order chi connectivity index (χ1) is 45.8. The van der Waals surface area contributed by atoms with Crippen LogP contribution in [0.5, 0.6) is 23.0 Å². The van der Waals surface area contributed by atoms with Crippen molar-refractivity contribution in [1.82, 2.24) is 14.0 Å². The molecular formula is C78H113N5O10P2. The summed E-state index contributed by atoms with van der Waals surface area (Å²) in [6, 6.07) is 59.8. The van der Waals surface area contributed by atoms with Crippen molar-refractivity contribution in [3.63, 3.8) is 0 Å². The standard InChI is InChI=1S/C36H49N2O5P.C27H32O4.C15H32N3OP/c1-29(2)38(30(3)4)44(43-28-14-25-37)42-27-13-8-7-12-26-41-36(31-15-10-9-11-16-31,32-17-21-34(39-5)22-18-32)33-19-23-35(40-6)24-20-33;1-29-25-16-12-23(13-17-25)27(22-10-6-5-7-11-22,31-21-9-4-3-8-20-28)24-14-18-26(30-2)19-15-24;1-12(2)17(13(3)4)20(19-11-9-10-16)18(14(5)6)15(7)8/h9-11,15-24,29-30H,7-8,12-14,26-28H2,1-6H3;5-7,10-19,28H,3-4,8-9,20-21H2,1-2H3;12-15H,9,11H2,1-8H3. The van der Waals surface area contributed by atoms with Gasteiger partial charge in [0.05, 0.1) is 73.2 Å². The average molecular weight is 1340 g/mol. The molecule has 15 nitrogen and oxygen atoms in total. The third-order valence-electron chi connectivity index (χ3n) is 15.9. The number of hydrogen-bond acceptors (Lipinski definition) is 15. The van der Waals surface area contributed by atoms with E-state index in [1.807, 2.05) is 72.8 Å². The predicted octanol–water partition coefficient (Wildman–Crippen LogP) is 18.8. The summed E-state index contributed by atoms with van der Waals surface area (Å²) in [4.78, 5) is 0. The van der Waals surface area contributed by atoms with E-state index in [4.69, 9.17) is 57.6 Å². The van der Waals surface area contributed by atoms with E-state index in [2.05, 4.69) is 194 Å². The van der Waals surface area contributed by atoms with Crippen LogP contribution in [-0.2, 0) is 34.2 Å². The number of benzene rings is 6. The predicted molar refractivity (Wildman–Crippen MR) is 389 cm³/mol. The average Bonchev–Trinajstić information content (AvgIpc) is 0.764. The van der Waals surface area contributed by atoms with E-state index < -0.39 is 28.2 Å². The van der Waals surface area contributed by atoms with Gasteiger partial charge in [-0.3, -0.25) is 0 Å². The highest BCUT2D eigenvalue weighted by molar-refractivity contribution is 7.47. The number of rotatable bonds is 41. The number of aliphatic hydroxyl groups is 1. The van der Waals surface area contributed by atoms with Crippen LogP contribution in [0.3, 0.4) is 0 Å². The maximum atomic E-state index is 9.03. The minimum absolute atomic E-state index is 0.243. The fraction of sp³-hybridized carbons (Fsp3) is 0.513. The van der Waals surface area contributed by atoms with Gasteiger partial charge in [-0.1, -0.05) is 135 Å². The lowest BCUT2D eigenvalue weighted by Crippen LogP contribution is -2.43. The van der Waals surface area contributed by atoms with Crippen LogP contribution in [0.2, 0.25) is 0 Å². The molecule has 6 rings (SSSR count). The van der Waals surface area contributed by atoms with E-state index in [1.165, 1.54) is 0 Å². The van der Waals surface area contributed by atoms with Gasteiger partial charge < -0.3 is 47.1 Å². The van der Waals surface area contributed by atoms with Gasteiger partial charge in [-0.2, -0.15) is 10.5 Å². The summed E-state index contributed by atoms with van der Waals surface area (Å²) in [5.41, 5.74) is 4.74. The summed E-state index contributed by atoms with van der Waals surface area (Å²) in [7, 11) is 4.66. The molecule has 0 radical (unpaired) electrons. The van der Waals surface area contributed by atoms with E-state index in [0.29, 0.717) is 82.1 Å². The molecule has 0 heterocycles. The van der Waals surface area contributed by atoms with Crippen LogP contribution >= 0.6 is 17.0 Å². The second-order valence-corrected chi connectivity index (χ2v) is 27.9. The highest BCUT2D eigenvalue weighted by Gasteiger charge is 2.40. The molecule has 1 atom stereocenters. The molecule has 520 valence electrons. The topological polar surface area (TPSA) is 161 Å². The number of ether oxygens (including phenoxy) is 6. The molecule has 0 saturated heterocycles. The second-order valence-electron chi connectivity index (χ2n) is 24.8. The molecule has 95 heavy (non-hydrogen) atoms. The number of nitrogens with zero attached hydrogens (tertiary/aromatic N) is 5. The Morgan fingerprint density at radius 1 is 0.347 bits per heavy atom. The maximum absolute atomic E-state index is 9.03. The molecule has 0 amide bonds. The molecule has 1 N–H and O–H groups in total. The summed E-state index contributed by atoms with van der Waals surface area (Å²) in [6.07, 6.45) is 8.50. The van der Waals surface area contributed by atoms with E-state index >= 15 is 0 Å². The first-order valence-electron chi connectivity index (χ1n) is 34.0. The Labute approximate surface area is 574 Å². The molecule has 0 saturated carbocycles. The quantitative estimate of drug-likeness (QED) is 0.0219. The molecule has 0 aromatic heterocycles. The molecule has 6 aromatic carbocycles. The van der Waals surface area contributed by atoms with Crippen LogP contribution in [0.4, 0.5) is 0 Å². The van der Waals surface area contributed by atoms with Crippen LogP contribution in [0, 0.1) is 22.7 Å². The van der Waals surface area contributed by atoms with Crippen molar-refractivity contribution in [3.05, 3.63) is 191 Å². The largest absolute Gasteiger partial charge is 0.497 e. The minimum atomic E-state index is -1.20. The molecular weight excluding hydrogens is 1230 g/mol. The van der Waals surface area contributed by atoms with Crippen molar-refractivity contribution in [2.24, 2.45) is 0 Å². The van der Waals surface area contributed by atoms with Crippen LogP contribution in [0.15, 0.2) is 158 Å². The molecule has 6 aromatic rings. The van der Waals surface area contributed by atoms with Crippen molar-refractivity contribution in [3.8, 4) is 35.1 Å². The Morgan fingerprint density at radius 3 is 0.905 bits per heavy atom. The lowest BCUT2D eigenvalue weighted by atomic mass is 9.80. The first-order valence-corrected chi connectivity index (χ1v) is 36.3. The van der Waals surface area contributed by atoms with E-state index in [1.54, 1.807) is 28.4 Å². The highest BCUT2D eigenvalue weighted by atomic mass is 31.2. The van der Waals surface area contributed by atoms with Crippen molar-refractivity contribution < 1.29 is 47.1 Å². The maximum Gasteiger partial charge on any atom is 0.259 e. The van der Waals surface area contributed by atoms with Crippen molar-refractivity contribution in [2.75, 3.05) is 68.1 Å². The fourth-order valence-corrected chi connectivity index (χ4v) is 15.6. The third kappa shape index (κ3) is 25.1. The van der Waals surface area contributed by atoms with Gasteiger partial charge in [-0.15, -0.1) is 0 Å². The zero-order valence-corrected chi connectivity index (χ0v) is 61.8. The van der Waals surface area contributed by atoms with E-state index in [9.17, 15) is 0 Å². The fourth-order valence-electron chi connectivity index (χ4n) is 11.6. The number of hydrogen-bond donors (Lipinski definition) is 1. The summed E-state index contributed by atoms with van der Waals surface area (Å²) in [5.74, 6) is 3.22. The molecule has 0 fully saturated rings. The van der Waals surface area contributed by atoms with Crippen molar-refractivity contribution in [2.45, 2.75) is 195 Å². The first kappa shape index (κ1) is 81.4. The molecule has 0 aliphatic carbocycles. The summed E-state index contributed by atoms with van der Waals surface area (Å²) in [6.45, 7) is 29.3. The molecule has 0 aliphatic heterocycles. The number of nitriles is 2. The van der Waals surface area contributed by atoms with Gasteiger partial charge in [0.2, 0.25) is 0 Å². The lowest BCUT2D eigenvalue weighted by Gasteiger charge is -2.45. The third-order valence-corrected chi connectivity index (χ3v) is 21.0. The number of methoxy groups -OCH3 is 4.